The van der Waals surface area contributed by atoms with Gasteiger partial charge in [-0.3, -0.25) is 4.98 Å². The van der Waals surface area contributed by atoms with Gasteiger partial charge in [-0.1, -0.05) is 12.2 Å². The highest BCUT2D eigenvalue weighted by Crippen LogP contribution is 2.03. The summed E-state index contributed by atoms with van der Waals surface area (Å²) in [6, 6.07) is 3.07. The SMILES string of the molecule is CCOC(=O)c1ccnc(C(N)=S)c1. The van der Waals surface area contributed by atoms with E-state index in [2.05, 4.69) is 4.98 Å². The highest BCUT2D eigenvalue weighted by Gasteiger charge is 2.08. The van der Waals surface area contributed by atoms with E-state index in [1.165, 1.54) is 12.3 Å². The molecule has 0 saturated carbocycles. The Bertz CT molecular complexity index is 366. The van der Waals surface area contributed by atoms with E-state index in [9.17, 15) is 4.79 Å². The van der Waals surface area contributed by atoms with Crippen molar-refractivity contribution in [1.82, 2.24) is 4.98 Å². The van der Waals surface area contributed by atoms with Gasteiger partial charge in [0.1, 0.15) is 4.99 Å². The van der Waals surface area contributed by atoms with Crippen molar-refractivity contribution < 1.29 is 9.53 Å². The summed E-state index contributed by atoms with van der Waals surface area (Å²) in [6.45, 7) is 2.08. The lowest BCUT2D eigenvalue weighted by atomic mass is 10.2. The highest BCUT2D eigenvalue weighted by atomic mass is 32.1. The Morgan fingerprint density at radius 1 is 1.71 bits per heavy atom. The average Bonchev–Trinajstić information content (AvgIpc) is 2.18. The van der Waals surface area contributed by atoms with Gasteiger partial charge in [0.05, 0.1) is 17.9 Å². The second-order valence-electron chi connectivity index (χ2n) is 2.51. The summed E-state index contributed by atoms with van der Waals surface area (Å²) in [5.74, 6) is -0.396. The minimum atomic E-state index is -0.396. The number of esters is 1. The van der Waals surface area contributed by atoms with Crippen LogP contribution in [0.1, 0.15) is 23.0 Å². The summed E-state index contributed by atoms with van der Waals surface area (Å²) in [5, 5.41) is 0. The van der Waals surface area contributed by atoms with Crippen LogP contribution in [-0.4, -0.2) is 22.5 Å². The molecule has 0 saturated heterocycles. The molecule has 1 aromatic rings. The Morgan fingerprint density at radius 3 is 3.00 bits per heavy atom. The first-order valence-electron chi connectivity index (χ1n) is 4.08. The van der Waals surface area contributed by atoms with Gasteiger partial charge in [0.2, 0.25) is 0 Å². The number of pyridine rings is 1. The van der Waals surface area contributed by atoms with E-state index in [0.717, 1.165) is 0 Å². The van der Waals surface area contributed by atoms with Crippen molar-refractivity contribution in [1.29, 1.82) is 0 Å². The molecule has 14 heavy (non-hydrogen) atoms. The van der Waals surface area contributed by atoms with Crippen molar-refractivity contribution in [2.75, 3.05) is 6.61 Å². The fourth-order valence-corrected chi connectivity index (χ4v) is 1.02. The van der Waals surface area contributed by atoms with Crippen LogP contribution in [0, 0.1) is 0 Å². The number of carbonyl (C=O) groups is 1. The van der Waals surface area contributed by atoms with Crippen LogP contribution in [0.2, 0.25) is 0 Å². The molecule has 0 atom stereocenters. The van der Waals surface area contributed by atoms with E-state index < -0.39 is 5.97 Å². The van der Waals surface area contributed by atoms with E-state index in [1.807, 2.05) is 0 Å². The molecular formula is C9H10N2O2S. The Labute approximate surface area is 87.1 Å². The summed E-state index contributed by atoms with van der Waals surface area (Å²) >= 11 is 4.74. The van der Waals surface area contributed by atoms with Crippen molar-refractivity contribution in [2.24, 2.45) is 5.73 Å². The molecule has 0 spiro atoms. The summed E-state index contributed by atoms with van der Waals surface area (Å²) in [7, 11) is 0. The van der Waals surface area contributed by atoms with Crippen LogP contribution in [-0.2, 0) is 4.74 Å². The van der Waals surface area contributed by atoms with Crippen molar-refractivity contribution in [3.05, 3.63) is 29.6 Å². The van der Waals surface area contributed by atoms with Crippen LogP contribution in [0.3, 0.4) is 0 Å². The normalized spacial score (nSPS) is 9.50. The molecule has 0 radical (unpaired) electrons. The number of carbonyl (C=O) groups excluding carboxylic acids is 1. The average molecular weight is 210 g/mol. The van der Waals surface area contributed by atoms with Gasteiger partial charge < -0.3 is 10.5 Å². The van der Waals surface area contributed by atoms with Crippen LogP contribution in [0.4, 0.5) is 0 Å². The number of nitrogens with two attached hydrogens (primary N) is 1. The summed E-state index contributed by atoms with van der Waals surface area (Å²) in [6.07, 6.45) is 1.47. The van der Waals surface area contributed by atoms with E-state index in [1.54, 1.807) is 13.0 Å². The van der Waals surface area contributed by atoms with E-state index in [-0.39, 0.29) is 4.99 Å². The maximum atomic E-state index is 11.3. The van der Waals surface area contributed by atoms with Crippen LogP contribution in [0.5, 0.6) is 0 Å². The molecule has 0 amide bonds. The Balaban J connectivity index is 2.93. The number of rotatable bonds is 3. The maximum absolute atomic E-state index is 11.3. The Hall–Kier alpha value is -1.49. The van der Waals surface area contributed by atoms with Crippen LogP contribution >= 0.6 is 12.2 Å². The number of hydrogen-bond acceptors (Lipinski definition) is 4. The predicted molar refractivity (Wildman–Crippen MR) is 56.1 cm³/mol. The van der Waals surface area contributed by atoms with Gasteiger partial charge in [0.25, 0.3) is 0 Å². The van der Waals surface area contributed by atoms with Gasteiger partial charge in [-0.2, -0.15) is 0 Å². The Morgan fingerprint density at radius 2 is 2.43 bits per heavy atom. The van der Waals surface area contributed by atoms with Gasteiger partial charge in [-0.15, -0.1) is 0 Å². The fourth-order valence-electron chi connectivity index (χ4n) is 0.907. The van der Waals surface area contributed by atoms with E-state index >= 15 is 0 Å². The van der Waals surface area contributed by atoms with Crippen molar-refractivity contribution in [3.8, 4) is 0 Å². The van der Waals surface area contributed by atoms with Crippen LogP contribution in [0.15, 0.2) is 18.3 Å². The largest absolute Gasteiger partial charge is 0.462 e. The number of hydrogen-bond donors (Lipinski definition) is 1. The third-order valence-electron chi connectivity index (χ3n) is 1.52. The van der Waals surface area contributed by atoms with Crippen LogP contribution < -0.4 is 5.73 Å². The molecule has 0 unspecified atom stereocenters. The zero-order valence-corrected chi connectivity index (χ0v) is 8.50. The van der Waals surface area contributed by atoms with Crippen LogP contribution in [0.25, 0.3) is 0 Å². The smallest absolute Gasteiger partial charge is 0.338 e. The lowest BCUT2D eigenvalue weighted by Gasteiger charge is -2.02. The molecule has 4 nitrogen and oxygen atoms in total. The number of thiocarbonyl (C=S) groups is 1. The topological polar surface area (TPSA) is 65.2 Å². The van der Waals surface area contributed by atoms with Crippen molar-refractivity contribution >= 4 is 23.2 Å². The molecule has 0 fully saturated rings. The monoisotopic (exact) mass is 210 g/mol. The standard InChI is InChI=1S/C9H10N2O2S/c1-2-13-9(12)6-3-4-11-7(5-6)8(10)14/h3-5H,2H2,1H3,(H2,10,14). The fraction of sp³-hybridized carbons (Fsp3) is 0.222. The first-order chi connectivity index (χ1) is 6.65. The lowest BCUT2D eigenvalue weighted by Crippen LogP contribution is -2.13. The molecule has 5 heteroatoms. The Kier molecular flexibility index (Phi) is 3.53. The second kappa shape index (κ2) is 4.66. The molecule has 0 aromatic carbocycles. The molecule has 1 rings (SSSR count). The molecule has 2 N–H and O–H groups in total. The minimum absolute atomic E-state index is 0.163. The first kappa shape index (κ1) is 10.6. The number of ether oxygens (including phenoxy) is 1. The molecule has 1 heterocycles. The molecule has 0 aliphatic heterocycles. The van der Waals surface area contributed by atoms with E-state index in [4.69, 9.17) is 22.7 Å². The van der Waals surface area contributed by atoms with E-state index in [0.29, 0.717) is 17.9 Å². The quantitative estimate of drug-likeness (QED) is 0.593. The predicted octanol–water partition coefficient (Wildman–Crippen LogP) is 0.893. The van der Waals surface area contributed by atoms with Gasteiger partial charge >= 0.3 is 5.97 Å². The zero-order valence-electron chi connectivity index (χ0n) is 7.69. The summed E-state index contributed by atoms with van der Waals surface area (Å²) < 4.78 is 4.81. The van der Waals surface area contributed by atoms with Gasteiger partial charge in [-0.05, 0) is 19.1 Å². The number of aromatic nitrogens is 1. The zero-order chi connectivity index (χ0) is 10.6. The third kappa shape index (κ3) is 2.50. The van der Waals surface area contributed by atoms with Gasteiger partial charge in [0, 0.05) is 6.20 Å². The summed E-state index contributed by atoms with van der Waals surface area (Å²) in [5.41, 5.74) is 6.20. The van der Waals surface area contributed by atoms with Gasteiger partial charge in [0.15, 0.2) is 0 Å². The summed E-state index contributed by atoms with van der Waals surface area (Å²) in [4.78, 5) is 15.4. The van der Waals surface area contributed by atoms with Crippen molar-refractivity contribution in [2.45, 2.75) is 6.92 Å². The second-order valence-corrected chi connectivity index (χ2v) is 2.95. The third-order valence-corrected chi connectivity index (χ3v) is 1.73. The molecular weight excluding hydrogens is 200 g/mol. The molecule has 0 aliphatic carbocycles. The van der Waals surface area contributed by atoms with Gasteiger partial charge in [-0.25, -0.2) is 4.79 Å². The molecule has 0 aliphatic rings. The molecule has 0 bridgehead atoms. The molecule has 74 valence electrons. The lowest BCUT2D eigenvalue weighted by molar-refractivity contribution is 0.0526. The number of nitrogens with zero attached hydrogens (tertiary/aromatic N) is 1. The maximum Gasteiger partial charge on any atom is 0.338 e. The highest BCUT2D eigenvalue weighted by molar-refractivity contribution is 7.80. The minimum Gasteiger partial charge on any atom is -0.462 e. The van der Waals surface area contributed by atoms with Crippen molar-refractivity contribution in [3.63, 3.8) is 0 Å². The first-order valence-corrected chi connectivity index (χ1v) is 4.49. The molecule has 1 aromatic heterocycles.